The quantitative estimate of drug-likeness (QED) is 0.622. The van der Waals surface area contributed by atoms with Gasteiger partial charge >= 0.3 is 5.97 Å². The maximum absolute atomic E-state index is 11.1. The predicted molar refractivity (Wildman–Crippen MR) is 71.2 cm³/mol. The van der Waals surface area contributed by atoms with Gasteiger partial charge in [0.1, 0.15) is 12.3 Å². The van der Waals surface area contributed by atoms with Crippen LogP contribution >= 0.6 is 0 Å². The number of carbonyl (C=O) groups is 1. The highest BCUT2D eigenvalue weighted by Crippen LogP contribution is 2.24. The van der Waals surface area contributed by atoms with Gasteiger partial charge in [0.05, 0.1) is 25.5 Å². The summed E-state index contributed by atoms with van der Waals surface area (Å²) in [4.78, 5) is 11.1. The number of ether oxygens (including phenoxy) is 2. The number of allylic oxidation sites excluding steroid dienone is 1. The number of methoxy groups -OCH3 is 1. The first kappa shape index (κ1) is 14.6. The van der Waals surface area contributed by atoms with Crippen LogP contribution in [0.3, 0.4) is 0 Å². The van der Waals surface area contributed by atoms with Crippen LogP contribution in [0.1, 0.15) is 12.5 Å². The molecule has 0 aliphatic carbocycles. The van der Waals surface area contributed by atoms with E-state index in [-0.39, 0.29) is 6.54 Å². The van der Waals surface area contributed by atoms with Gasteiger partial charge in [-0.3, -0.25) is 4.79 Å². The predicted octanol–water partition coefficient (Wildman–Crippen LogP) is 1.71. The Hall–Kier alpha value is -2.48. The molecule has 0 amide bonds. The fourth-order valence-electron chi connectivity index (χ4n) is 1.50. The zero-order valence-electron chi connectivity index (χ0n) is 11.0. The maximum Gasteiger partial charge on any atom is 0.325 e. The maximum atomic E-state index is 11.1. The van der Waals surface area contributed by atoms with Gasteiger partial charge in [0.15, 0.2) is 0 Å². The number of rotatable bonds is 6. The molecule has 1 aromatic carbocycles. The molecule has 5 heteroatoms. The molecule has 0 aliphatic heterocycles. The second kappa shape index (κ2) is 7.77. The van der Waals surface area contributed by atoms with E-state index < -0.39 is 5.97 Å². The van der Waals surface area contributed by atoms with Crippen LogP contribution in [0.5, 0.6) is 5.75 Å². The monoisotopic (exact) mass is 260 g/mol. The van der Waals surface area contributed by atoms with Crippen molar-refractivity contribution in [3.05, 3.63) is 35.9 Å². The van der Waals surface area contributed by atoms with Gasteiger partial charge in [-0.25, -0.2) is 0 Å². The van der Waals surface area contributed by atoms with Crippen LogP contribution in [0.15, 0.2) is 30.3 Å². The highest BCUT2D eigenvalue weighted by Gasteiger charge is 2.09. The van der Waals surface area contributed by atoms with Gasteiger partial charge in [-0.1, -0.05) is 12.1 Å². The van der Waals surface area contributed by atoms with Gasteiger partial charge in [-0.05, 0) is 19.1 Å². The molecule has 0 aliphatic rings. The van der Waals surface area contributed by atoms with E-state index in [0.717, 1.165) is 5.56 Å². The normalized spacial score (nSPS) is 10.5. The van der Waals surface area contributed by atoms with Gasteiger partial charge in [0.25, 0.3) is 0 Å². The summed E-state index contributed by atoms with van der Waals surface area (Å²) >= 11 is 0. The van der Waals surface area contributed by atoms with Crippen molar-refractivity contribution in [1.82, 2.24) is 5.32 Å². The lowest BCUT2D eigenvalue weighted by molar-refractivity contribution is -0.139. The van der Waals surface area contributed by atoms with Crippen molar-refractivity contribution in [2.24, 2.45) is 0 Å². The Morgan fingerprint density at radius 2 is 2.21 bits per heavy atom. The number of nitrogens with zero attached hydrogens (tertiary/aromatic N) is 1. The first-order chi connectivity index (χ1) is 9.22. The van der Waals surface area contributed by atoms with Gasteiger partial charge < -0.3 is 14.8 Å². The van der Waals surface area contributed by atoms with Crippen LogP contribution in [-0.4, -0.2) is 26.2 Å². The van der Waals surface area contributed by atoms with Crippen molar-refractivity contribution in [3.63, 3.8) is 0 Å². The standard InChI is InChI=1S/C14H16N2O3/c1-3-19-13-7-5-4-6-11(13)12(8-9-15)16-10-14(17)18-2/h4-8,16H,3,10H2,1-2H3. The third kappa shape index (κ3) is 4.36. The molecule has 0 atom stereocenters. The summed E-state index contributed by atoms with van der Waals surface area (Å²) in [7, 11) is 1.31. The molecule has 1 aromatic rings. The smallest absolute Gasteiger partial charge is 0.325 e. The third-order valence-corrected chi connectivity index (χ3v) is 2.34. The lowest BCUT2D eigenvalue weighted by Gasteiger charge is -2.13. The fourth-order valence-corrected chi connectivity index (χ4v) is 1.50. The Bertz CT molecular complexity index is 504. The van der Waals surface area contributed by atoms with Gasteiger partial charge in [-0.15, -0.1) is 0 Å². The van der Waals surface area contributed by atoms with Crippen LogP contribution in [-0.2, 0) is 9.53 Å². The largest absolute Gasteiger partial charge is 0.493 e. The number of hydrogen-bond donors (Lipinski definition) is 1. The van der Waals surface area contributed by atoms with E-state index in [1.54, 1.807) is 0 Å². The van der Waals surface area contributed by atoms with E-state index in [1.165, 1.54) is 13.2 Å². The van der Waals surface area contributed by atoms with Gasteiger partial charge in [0, 0.05) is 11.6 Å². The highest BCUT2D eigenvalue weighted by atomic mass is 16.5. The molecule has 0 fully saturated rings. The average Bonchev–Trinajstić information content (AvgIpc) is 2.44. The van der Waals surface area contributed by atoms with Crippen molar-refractivity contribution in [3.8, 4) is 11.8 Å². The molecular weight excluding hydrogens is 244 g/mol. The van der Waals surface area contributed by atoms with E-state index >= 15 is 0 Å². The number of nitrogens with one attached hydrogen (secondary N) is 1. The van der Waals surface area contributed by atoms with Crippen molar-refractivity contribution >= 4 is 11.7 Å². The van der Waals surface area contributed by atoms with Crippen LogP contribution in [0.4, 0.5) is 0 Å². The van der Waals surface area contributed by atoms with Crippen LogP contribution in [0.2, 0.25) is 0 Å². The molecule has 0 saturated heterocycles. The fraction of sp³-hybridized carbons (Fsp3) is 0.286. The minimum Gasteiger partial charge on any atom is -0.493 e. The Morgan fingerprint density at radius 1 is 1.47 bits per heavy atom. The minimum absolute atomic E-state index is 0.00945. The molecule has 0 aromatic heterocycles. The van der Waals surface area contributed by atoms with Gasteiger partial charge in [-0.2, -0.15) is 5.26 Å². The summed E-state index contributed by atoms with van der Waals surface area (Å²) in [5.41, 5.74) is 1.26. The second-order valence-electron chi connectivity index (χ2n) is 3.55. The van der Waals surface area contributed by atoms with E-state index in [1.807, 2.05) is 37.3 Å². The summed E-state index contributed by atoms with van der Waals surface area (Å²) in [6, 6.07) is 9.25. The Labute approximate surface area is 112 Å². The minimum atomic E-state index is -0.405. The van der Waals surface area contributed by atoms with Crippen LogP contribution in [0, 0.1) is 11.3 Å². The summed E-state index contributed by atoms with van der Waals surface area (Å²) < 4.78 is 10.0. The molecule has 1 rings (SSSR count). The zero-order chi connectivity index (χ0) is 14.1. The number of benzene rings is 1. The lowest BCUT2D eigenvalue weighted by atomic mass is 10.1. The number of hydrogen-bond acceptors (Lipinski definition) is 5. The van der Waals surface area contributed by atoms with Crippen molar-refractivity contribution in [2.45, 2.75) is 6.92 Å². The number of nitriles is 1. The summed E-state index contributed by atoms with van der Waals surface area (Å²) in [6.45, 7) is 2.39. The van der Waals surface area contributed by atoms with E-state index in [2.05, 4.69) is 10.1 Å². The zero-order valence-corrected chi connectivity index (χ0v) is 11.0. The summed E-state index contributed by atoms with van der Waals surface area (Å²) in [5.74, 6) is 0.251. The molecule has 0 heterocycles. The lowest BCUT2D eigenvalue weighted by Crippen LogP contribution is -2.23. The summed E-state index contributed by atoms with van der Waals surface area (Å²) in [6.07, 6.45) is 1.33. The first-order valence-corrected chi connectivity index (χ1v) is 5.85. The van der Waals surface area contributed by atoms with E-state index in [4.69, 9.17) is 10.00 Å². The molecule has 5 nitrogen and oxygen atoms in total. The third-order valence-electron chi connectivity index (χ3n) is 2.34. The molecule has 0 saturated carbocycles. The molecule has 100 valence electrons. The molecule has 19 heavy (non-hydrogen) atoms. The van der Waals surface area contributed by atoms with Crippen molar-refractivity contribution in [2.75, 3.05) is 20.3 Å². The Kier molecular flexibility index (Phi) is 5.96. The van der Waals surface area contributed by atoms with Crippen molar-refractivity contribution < 1.29 is 14.3 Å². The molecule has 0 bridgehead atoms. The SMILES string of the molecule is CCOc1ccccc1C(=CC#N)NCC(=O)OC. The number of carbonyl (C=O) groups excluding carboxylic acids is 1. The number of esters is 1. The molecule has 1 N–H and O–H groups in total. The van der Waals surface area contributed by atoms with Gasteiger partial charge in [0.2, 0.25) is 0 Å². The van der Waals surface area contributed by atoms with Crippen LogP contribution in [0.25, 0.3) is 5.70 Å². The first-order valence-electron chi connectivity index (χ1n) is 5.85. The van der Waals surface area contributed by atoms with E-state index in [9.17, 15) is 4.79 Å². The van der Waals surface area contributed by atoms with Crippen molar-refractivity contribution in [1.29, 1.82) is 5.26 Å². The Balaban J connectivity index is 2.97. The summed E-state index contributed by atoms with van der Waals surface area (Å²) in [5, 5.41) is 11.7. The Morgan fingerprint density at radius 3 is 2.84 bits per heavy atom. The molecular formula is C14H16N2O3. The number of para-hydroxylation sites is 1. The van der Waals surface area contributed by atoms with E-state index in [0.29, 0.717) is 18.1 Å². The topological polar surface area (TPSA) is 71.3 Å². The molecule has 0 spiro atoms. The average molecular weight is 260 g/mol. The highest BCUT2D eigenvalue weighted by molar-refractivity contribution is 5.77. The molecule has 0 unspecified atom stereocenters. The van der Waals surface area contributed by atoms with Crippen LogP contribution < -0.4 is 10.1 Å². The molecule has 0 radical (unpaired) electrons. The second-order valence-corrected chi connectivity index (χ2v) is 3.55.